The van der Waals surface area contributed by atoms with Crippen LogP contribution in [0.25, 0.3) is 0 Å². The van der Waals surface area contributed by atoms with Crippen molar-refractivity contribution < 1.29 is 9.18 Å². The number of anilines is 1. The van der Waals surface area contributed by atoms with Crippen LogP contribution in [0.4, 0.5) is 10.1 Å². The summed E-state index contributed by atoms with van der Waals surface area (Å²) in [6.07, 6.45) is 0. The lowest BCUT2D eigenvalue weighted by atomic mass is 10.1. The second kappa shape index (κ2) is 5.31. The van der Waals surface area contributed by atoms with Crippen LogP contribution in [-0.2, 0) is 0 Å². The third-order valence-electron chi connectivity index (χ3n) is 2.17. The summed E-state index contributed by atoms with van der Waals surface area (Å²) in [6.45, 7) is 9.26. The van der Waals surface area contributed by atoms with E-state index in [1.165, 1.54) is 6.07 Å². The molecule has 0 fully saturated rings. The van der Waals surface area contributed by atoms with E-state index < -0.39 is 5.82 Å². The number of aryl methyl sites for hydroxylation is 1. The van der Waals surface area contributed by atoms with E-state index in [1.807, 2.05) is 13.8 Å². The van der Waals surface area contributed by atoms with Gasteiger partial charge in [-0.15, -0.1) is 0 Å². The minimum Gasteiger partial charge on any atom is -0.339 e. The van der Waals surface area contributed by atoms with E-state index in [0.717, 1.165) is 0 Å². The van der Waals surface area contributed by atoms with Gasteiger partial charge in [0.2, 0.25) is 0 Å². The smallest absolute Gasteiger partial charge is 0.260 e. The molecule has 0 aliphatic carbocycles. The number of fused-ring (bicyclic) bond motifs is 1. The molecule has 92 valence electrons. The van der Waals surface area contributed by atoms with Gasteiger partial charge in [-0.05, 0) is 34.5 Å². The van der Waals surface area contributed by atoms with Crippen molar-refractivity contribution in [1.29, 1.82) is 0 Å². The molecule has 0 bridgehead atoms. The Morgan fingerprint density at radius 1 is 1.35 bits per heavy atom. The minimum absolute atomic E-state index is 0.168. The second-order valence-corrected chi connectivity index (χ2v) is 4.09. The molecule has 5 heteroatoms. The van der Waals surface area contributed by atoms with Gasteiger partial charge in [0, 0.05) is 4.47 Å². The van der Waals surface area contributed by atoms with Gasteiger partial charge in [-0.3, -0.25) is 4.79 Å². The molecule has 2 N–H and O–H groups in total. The number of halogens is 2. The third kappa shape index (κ3) is 2.49. The molecule has 1 aliphatic rings. The van der Waals surface area contributed by atoms with Gasteiger partial charge >= 0.3 is 0 Å². The molecule has 0 aromatic heterocycles. The molecule has 0 atom stereocenters. The monoisotopic (exact) mass is 300 g/mol. The van der Waals surface area contributed by atoms with E-state index in [2.05, 4.69) is 33.1 Å². The molecule has 2 rings (SSSR count). The van der Waals surface area contributed by atoms with Gasteiger partial charge in [0.1, 0.15) is 11.6 Å². The SMILES string of the molecule is C=C1NC(=O)c2c(Br)c(C)cc(F)c2N1.CC. The molecule has 1 aromatic carbocycles. The van der Waals surface area contributed by atoms with E-state index in [9.17, 15) is 9.18 Å². The first kappa shape index (κ1) is 13.7. The van der Waals surface area contributed by atoms with Gasteiger partial charge in [0.15, 0.2) is 0 Å². The maximum atomic E-state index is 13.6. The largest absolute Gasteiger partial charge is 0.339 e. The van der Waals surface area contributed by atoms with Crippen LogP contribution in [0.3, 0.4) is 0 Å². The zero-order valence-electron chi connectivity index (χ0n) is 9.95. The molecule has 0 unspecified atom stereocenters. The Hall–Kier alpha value is -1.36. The van der Waals surface area contributed by atoms with Gasteiger partial charge in [-0.25, -0.2) is 4.39 Å². The molecule has 1 aliphatic heterocycles. The summed E-state index contributed by atoms with van der Waals surface area (Å²) in [5, 5.41) is 5.18. The van der Waals surface area contributed by atoms with Crippen molar-refractivity contribution in [3.63, 3.8) is 0 Å². The van der Waals surface area contributed by atoms with Crippen molar-refractivity contribution in [1.82, 2.24) is 5.32 Å². The highest BCUT2D eigenvalue weighted by Gasteiger charge is 2.25. The number of rotatable bonds is 0. The highest BCUT2D eigenvalue weighted by atomic mass is 79.9. The van der Waals surface area contributed by atoms with Crippen molar-refractivity contribution in [3.8, 4) is 0 Å². The van der Waals surface area contributed by atoms with E-state index in [-0.39, 0.29) is 23.0 Å². The second-order valence-electron chi connectivity index (χ2n) is 3.30. The Morgan fingerprint density at radius 3 is 2.53 bits per heavy atom. The molecule has 1 aromatic rings. The average molecular weight is 301 g/mol. The number of carbonyl (C=O) groups excluding carboxylic acids is 1. The summed E-state index contributed by atoms with van der Waals surface area (Å²) >= 11 is 3.26. The first-order valence-corrected chi connectivity index (χ1v) is 6.06. The Balaban J connectivity index is 0.000000686. The fraction of sp³-hybridized carbons (Fsp3) is 0.250. The predicted octanol–water partition coefficient (Wildman–Crippen LogP) is 3.55. The molecule has 1 heterocycles. The van der Waals surface area contributed by atoms with Crippen molar-refractivity contribution >= 4 is 27.5 Å². The number of amides is 1. The molecular weight excluding hydrogens is 287 g/mol. The first-order valence-electron chi connectivity index (χ1n) is 5.26. The van der Waals surface area contributed by atoms with Crippen molar-refractivity contribution in [2.45, 2.75) is 20.8 Å². The zero-order chi connectivity index (χ0) is 13.2. The Morgan fingerprint density at radius 2 is 1.94 bits per heavy atom. The molecule has 3 nitrogen and oxygen atoms in total. The Bertz CT molecular complexity index is 486. The van der Waals surface area contributed by atoms with Gasteiger partial charge in [-0.1, -0.05) is 20.4 Å². The number of carbonyl (C=O) groups is 1. The Labute approximate surface area is 108 Å². The van der Waals surface area contributed by atoms with Crippen LogP contribution < -0.4 is 10.6 Å². The minimum atomic E-state index is -0.457. The molecule has 17 heavy (non-hydrogen) atoms. The highest BCUT2D eigenvalue weighted by molar-refractivity contribution is 9.10. The maximum Gasteiger partial charge on any atom is 0.260 e. The standard InChI is InChI=1S/C10H8BrFN2O.C2H6/c1-4-3-6(12)9-7(8(4)11)10(15)14-5(2)13-9;1-2/h3,13H,2H2,1H3,(H,14,15);1-2H3. The molecule has 0 saturated carbocycles. The van der Waals surface area contributed by atoms with Crippen LogP contribution in [0.2, 0.25) is 0 Å². The normalized spacial score (nSPS) is 13.0. The highest BCUT2D eigenvalue weighted by Crippen LogP contribution is 2.33. The fourth-order valence-electron chi connectivity index (χ4n) is 1.47. The van der Waals surface area contributed by atoms with Crippen molar-refractivity contribution in [3.05, 3.63) is 39.9 Å². The van der Waals surface area contributed by atoms with Crippen LogP contribution in [0, 0.1) is 12.7 Å². The molecule has 0 saturated heterocycles. The average Bonchev–Trinajstić information content (AvgIpc) is 2.28. The summed E-state index contributed by atoms with van der Waals surface area (Å²) in [4.78, 5) is 11.6. The summed E-state index contributed by atoms with van der Waals surface area (Å²) in [6, 6.07) is 1.36. The topological polar surface area (TPSA) is 41.1 Å². The summed E-state index contributed by atoms with van der Waals surface area (Å²) in [5.41, 5.74) is 1.12. The first-order chi connectivity index (χ1) is 8.00. The van der Waals surface area contributed by atoms with Crippen molar-refractivity contribution in [2.75, 3.05) is 5.32 Å². The van der Waals surface area contributed by atoms with Crippen LogP contribution in [0.1, 0.15) is 29.8 Å². The van der Waals surface area contributed by atoms with E-state index in [0.29, 0.717) is 10.0 Å². The molecular formula is C12H14BrFN2O. The predicted molar refractivity (Wildman–Crippen MR) is 70.4 cm³/mol. The lowest BCUT2D eigenvalue weighted by molar-refractivity contribution is 0.0962. The fourth-order valence-corrected chi connectivity index (χ4v) is 1.96. The van der Waals surface area contributed by atoms with E-state index in [1.54, 1.807) is 6.92 Å². The number of benzene rings is 1. The number of hydrogen-bond donors (Lipinski definition) is 2. The molecule has 0 spiro atoms. The summed E-state index contributed by atoms with van der Waals surface area (Å²) < 4.78 is 14.1. The van der Waals surface area contributed by atoms with Crippen LogP contribution in [-0.4, -0.2) is 5.91 Å². The third-order valence-corrected chi connectivity index (χ3v) is 3.19. The number of hydrogen-bond acceptors (Lipinski definition) is 2. The van der Waals surface area contributed by atoms with Crippen LogP contribution in [0.5, 0.6) is 0 Å². The lowest BCUT2D eigenvalue weighted by Crippen LogP contribution is -2.33. The summed E-state index contributed by atoms with van der Waals surface area (Å²) in [5.74, 6) is -0.535. The van der Waals surface area contributed by atoms with Crippen LogP contribution in [0.15, 0.2) is 22.9 Å². The lowest BCUT2D eigenvalue weighted by Gasteiger charge is -2.22. The van der Waals surface area contributed by atoms with E-state index >= 15 is 0 Å². The van der Waals surface area contributed by atoms with Crippen molar-refractivity contribution in [2.24, 2.45) is 0 Å². The van der Waals surface area contributed by atoms with Gasteiger partial charge in [0.25, 0.3) is 5.91 Å². The van der Waals surface area contributed by atoms with Gasteiger partial charge < -0.3 is 10.6 Å². The zero-order valence-corrected chi connectivity index (χ0v) is 11.5. The quantitative estimate of drug-likeness (QED) is 0.769. The number of nitrogens with one attached hydrogen (secondary N) is 2. The van der Waals surface area contributed by atoms with E-state index in [4.69, 9.17) is 0 Å². The maximum absolute atomic E-state index is 13.6. The molecule has 1 amide bonds. The van der Waals surface area contributed by atoms with Gasteiger partial charge in [0.05, 0.1) is 11.3 Å². The van der Waals surface area contributed by atoms with Crippen LogP contribution >= 0.6 is 15.9 Å². The Kier molecular flexibility index (Phi) is 4.28. The van der Waals surface area contributed by atoms with Gasteiger partial charge in [-0.2, -0.15) is 0 Å². The summed E-state index contributed by atoms with van der Waals surface area (Å²) in [7, 11) is 0. The molecule has 0 radical (unpaired) electrons.